The lowest BCUT2D eigenvalue weighted by molar-refractivity contribution is -0.163. The molecule has 2 aromatic rings. The molecule has 1 fully saturated rings. The summed E-state index contributed by atoms with van der Waals surface area (Å²) in [6.45, 7) is 4.21. The maximum absolute atomic E-state index is 11.9. The number of carbonyl (C=O) groups excluding carboxylic acids is 3. The molecule has 7 nitrogen and oxygen atoms in total. The lowest BCUT2D eigenvalue weighted by atomic mass is 10.1. The van der Waals surface area contributed by atoms with E-state index in [0.717, 1.165) is 47.7 Å². The summed E-state index contributed by atoms with van der Waals surface area (Å²) in [5, 5.41) is 1.60. The van der Waals surface area contributed by atoms with Gasteiger partial charge in [-0.3, -0.25) is 19.7 Å². The molecule has 1 N–H and O–H groups in total. The highest BCUT2D eigenvalue weighted by molar-refractivity contribution is 8.15. The van der Waals surface area contributed by atoms with Crippen molar-refractivity contribution in [3.8, 4) is 5.75 Å². The Morgan fingerprint density at radius 2 is 1.79 bits per heavy atom. The Labute approximate surface area is 204 Å². The summed E-state index contributed by atoms with van der Waals surface area (Å²) >= 11 is 1.02. The first-order chi connectivity index (χ1) is 16.4. The standard InChI is InChI=1S/C26H31NO6S/c1-3-4-5-6-24(28)33-17-32-22(20-11-7-18(2)8-12-20)16-31-21-13-9-19(10-14-21)15-23-25(29)27-26(30)34-23/h7-14,22-23H,3-6,15-17H2,1-2H3,(H,27,29,30)/t22?,23-/m1/s1. The van der Waals surface area contributed by atoms with Crippen molar-refractivity contribution in [1.29, 1.82) is 0 Å². The van der Waals surface area contributed by atoms with Crippen molar-refractivity contribution in [3.63, 3.8) is 0 Å². The molecular formula is C26H31NO6S. The van der Waals surface area contributed by atoms with Gasteiger partial charge >= 0.3 is 5.97 Å². The molecule has 0 saturated carbocycles. The molecule has 0 bridgehead atoms. The third-order valence-electron chi connectivity index (χ3n) is 5.44. The summed E-state index contributed by atoms with van der Waals surface area (Å²) in [5.74, 6) is 0.142. The fourth-order valence-corrected chi connectivity index (χ4v) is 4.29. The van der Waals surface area contributed by atoms with E-state index >= 15 is 0 Å². The Bertz CT molecular complexity index is 960. The fourth-order valence-electron chi connectivity index (χ4n) is 3.43. The van der Waals surface area contributed by atoms with E-state index in [2.05, 4.69) is 12.2 Å². The monoisotopic (exact) mass is 485 g/mol. The SMILES string of the molecule is CCCCCC(=O)OCOC(COc1ccc(C[C@H]2SC(=O)NC2=O)cc1)c1ccc(C)cc1. The first kappa shape index (κ1) is 25.8. The summed E-state index contributed by atoms with van der Waals surface area (Å²) in [5.41, 5.74) is 3.01. The second kappa shape index (κ2) is 13.2. The van der Waals surface area contributed by atoms with Crippen molar-refractivity contribution >= 4 is 28.9 Å². The van der Waals surface area contributed by atoms with Crippen molar-refractivity contribution in [2.24, 2.45) is 0 Å². The molecule has 1 saturated heterocycles. The number of benzene rings is 2. The minimum atomic E-state index is -0.409. The van der Waals surface area contributed by atoms with E-state index in [9.17, 15) is 14.4 Å². The van der Waals surface area contributed by atoms with E-state index in [1.165, 1.54) is 0 Å². The first-order valence-electron chi connectivity index (χ1n) is 11.5. The van der Waals surface area contributed by atoms with Crippen molar-refractivity contribution in [3.05, 3.63) is 65.2 Å². The minimum Gasteiger partial charge on any atom is -0.491 e. The zero-order valence-electron chi connectivity index (χ0n) is 19.6. The maximum Gasteiger partial charge on any atom is 0.307 e. The Hall–Kier alpha value is -2.84. The molecule has 1 unspecified atom stereocenters. The highest BCUT2D eigenvalue weighted by Gasteiger charge is 2.31. The Morgan fingerprint density at radius 1 is 1.06 bits per heavy atom. The highest BCUT2D eigenvalue weighted by atomic mass is 32.2. The molecule has 2 atom stereocenters. The van der Waals surface area contributed by atoms with Gasteiger partial charge in [-0.15, -0.1) is 0 Å². The van der Waals surface area contributed by atoms with Gasteiger partial charge in [0.25, 0.3) is 5.24 Å². The fraction of sp³-hybridized carbons (Fsp3) is 0.423. The van der Waals surface area contributed by atoms with Crippen LogP contribution in [0.5, 0.6) is 5.75 Å². The van der Waals surface area contributed by atoms with Gasteiger partial charge in [0.2, 0.25) is 5.91 Å². The van der Waals surface area contributed by atoms with Gasteiger partial charge in [-0.1, -0.05) is 73.5 Å². The van der Waals surface area contributed by atoms with Crippen LogP contribution in [0.25, 0.3) is 0 Å². The molecule has 34 heavy (non-hydrogen) atoms. The Balaban J connectivity index is 1.53. The molecule has 8 heteroatoms. The van der Waals surface area contributed by atoms with Crippen LogP contribution in [0.15, 0.2) is 48.5 Å². The summed E-state index contributed by atoms with van der Waals surface area (Å²) < 4.78 is 17.0. The van der Waals surface area contributed by atoms with Gasteiger partial charge in [0.15, 0.2) is 6.79 Å². The number of thioether (sulfide) groups is 1. The van der Waals surface area contributed by atoms with Gasteiger partial charge in [0.1, 0.15) is 18.5 Å². The maximum atomic E-state index is 11.9. The largest absolute Gasteiger partial charge is 0.491 e. The molecule has 1 aliphatic rings. The third kappa shape index (κ3) is 8.18. The lowest BCUT2D eigenvalue weighted by Gasteiger charge is -2.19. The quantitative estimate of drug-likeness (QED) is 0.240. The third-order valence-corrected chi connectivity index (χ3v) is 6.42. The number of esters is 1. The van der Waals surface area contributed by atoms with Gasteiger partial charge in [-0.25, -0.2) is 0 Å². The van der Waals surface area contributed by atoms with E-state index in [-0.39, 0.29) is 30.5 Å². The molecule has 3 rings (SSSR count). The van der Waals surface area contributed by atoms with Crippen LogP contribution in [0, 0.1) is 6.92 Å². The van der Waals surface area contributed by atoms with Gasteiger partial charge in [0, 0.05) is 6.42 Å². The number of imide groups is 1. The summed E-state index contributed by atoms with van der Waals surface area (Å²) in [6, 6.07) is 15.4. The average molecular weight is 486 g/mol. The van der Waals surface area contributed by atoms with Crippen LogP contribution in [-0.2, 0) is 25.5 Å². The predicted molar refractivity (Wildman–Crippen MR) is 131 cm³/mol. The molecule has 0 radical (unpaired) electrons. The molecule has 1 aliphatic heterocycles. The Kier molecular flexibility index (Phi) is 9.97. The smallest absolute Gasteiger partial charge is 0.307 e. The van der Waals surface area contributed by atoms with Crippen LogP contribution in [0.1, 0.15) is 55.4 Å². The zero-order valence-corrected chi connectivity index (χ0v) is 20.4. The van der Waals surface area contributed by atoms with Crippen molar-refractivity contribution in [1.82, 2.24) is 5.32 Å². The van der Waals surface area contributed by atoms with Crippen LogP contribution in [0.2, 0.25) is 0 Å². The summed E-state index contributed by atoms with van der Waals surface area (Å²) in [4.78, 5) is 35.0. The first-order valence-corrected chi connectivity index (χ1v) is 12.4. The van der Waals surface area contributed by atoms with Crippen LogP contribution < -0.4 is 10.1 Å². The number of rotatable bonds is 13. The van der Waals surface area contributed by atoms with Crippen molar-refractivity contribution < 1.29 is 28.6 Å². The van der Waals surface area contributed by atoms with Gasteiger partial charge < -0.3 is 14.2 Å². The van der Waals surface area contributed by atoms with Crippen LogP contribution >= 0.6 is 11.8 Å². The molecule has 2 aromatic carbocycles. The van der Waals surface area contributed by atoms with E-state index in [4.69, 9.17) is 14.2 Å². The Morgan fingerprint density at radius 3 is 2.44 bits per heavy atom. The van der Waals surface area contributed by atoms with Crippen LogP contribution in [0.4, 0.5) is 4.79 Å². The average Bonchev–Trinajstić information content (AvgIpc) is 3.14. The molecule has 2 amide bonds. The lowest BCUT2D eigenvalue weighted by Crippen LogP contribution is -2.25. The summed E-state index contributed by atoms with van der Waals surface area (Å²) in [7, 11) is 0. The topological polar surface area (TPSA) is 90.9 Å². The van der Waals surface area contributed by atoms with E-state index in [1.54, 1.807) is 0 Å². The second-order valence-electron chi connectivity index (χ2n) is 8.20. The normalized spacial score (nSPS) is 16.2. The van der Waals surface area contributed by atoms with Crippen LogP contribution in [0.3, 0.4) is 0 Å². The zero-order chi connectivity index (χ0) is 24.3. The molecule has 0 aliphatic carbocycles. The highest BCUT2D eigenvalue weighted by Crippen LogP contribution is 2.25. The number of unbranched alkanes of at least 4 members (excludes halogenated alkanes) is 2. The van der Waals surface area contributed by atoms with Crippen molar-refractivity contribution in [2.45, 2.75) is 57.3 Å². The van der Waals surface area contributed by atoms with Crippen LogP contribution in [-0.4, -0.2) is 35.8 Å². The minimum absolute atomic E-state index is 0.133. The van der Waals surface area contributed by atoms with Crippen molar-refractivity contribution in [2.75, 3.05) is 13.4 Å². The van der Waals surface area contributed by atoms with Gasteiger partial charge in [-0.05, 0) is 43.0 Å². The summed E-state index contributed by atoms with van der Waals surface area (Å²) in [6.07, 6.45) is 3.32. The van der Waals surface area contributed by atoms with E-state index < -0.39 is 11.4 Å². The number of hydrogen-bond acceptors (Lipinski definition) is 7. The van der Waals surface area contributed by atoms with E-state index in [1.807, 2.05) is 55.5 Å². The predicted octanol–water partition coefficient (Wildman–Crippen LogP) is 5.11. The second-order valence-corrected chi connectivity index (χ2v) is 9.38. The van der Waals surface area contributed by atoms with E-state index in [0.29, 0.717) is 18.6 Å². The molecule has 1 heterocycles. The molecule has 0 spiro atoms. The number of nitrogens with one attached hydrogen (secondary N) is 1. The number of amides is 2. The molecular weight excluding hydrogens is 454 g/mol. The molecule has 182 valence electrons. The number of aryl methyl sites for hydroxylation is 1. The number of ether oxygens (including phenoxy) is 3. The number of hydrogen-bond donors (Lipinski definition) is 1. The van der Waals surface area contributed by atoms with Gasteiger partial charge in [0.05, 0.1) is 5.25 Å². The molecule has 0 aromatic heterocycles. The van der Waals surface area contributed by atoms with Gasteiger partial charge in [-0.2, -0.15) is 0 Å². The number of carbonyl (C=O) groups is 3.